The molecular weight excluding hydrogens is 345 g/mol. The van der Waals surface area contributed by atoms with Crippen molar-refractivity contribution in [2.24, 2.45) is 0 Å². The molecule has 126 valence electrons. The summed E-state index contributed by atoms with van der Waals surface area (Å²) in [7, 11) is 0. The van der Waals surface area contributed by atoms with Crippen LogP contribution >= 0.6 is 11.6 Å². The normalized spacial score (nSPS) is 28.7. The van der Waals surface area contributed by atoms with Crippen molar-refractivity contribution in [1.82, 2.24) is 19.5 Å². The first-order valence-electron chi connectivity index (χ1n) is 6.33. The zero-order valence-electron chi connectivity index (χ0n) is 11.1. The van der Waals surface area contributed by atoms with E-state index in [0.29, 0.717) is 0 Å². The lowest BCUT2D eigenvalue weighted by atomic mass is 10.1. The van der Waals surface area contributed by atoms with Gasteiger partial charge in [-0.15, -0.1) is 0 Å². The van der Waals surface area contributed by atoms with E-state index in [2.05, 4.69) is 15.0 Å². The molecule has 0 spiro atoms. The summed E-state index contributed by atoms with van der Waals surface area (Å²) in [5, 5.41) is 28.2. The molecule has 0 radical (unpaired) electrons. The van der Waals surface area contributed by atoms with Crippen molar-refractivity contribution in [3.63, 3.8) is 0 Å². The summed E-state index contributed by atoms with van der Waals surface area (Å²) in [5.41, 5.74) is -0.426. The van der Waals surface area contributed by atoms with Crippen molar-refractivity contribution in [3.05, 3.63) is 17.3 Å². The molecule has 12 heteroatoms. The molecule has 0 aliphatic carbocycles. The zero-order chi connectivity index (χ0) is 16.9. The highest BCUT2D eigenvalue weighted by molar-refractivity contribution is 6.33. The van der Waals surface area contributed by atoms with Crippen molar-refractivity contribution >= 4 is 22.8 Å². The number of imidazole rings is 1. The maximum absolute atomic E-state index is 12.8. The summed E-state index contributed by atoms with van der Waals surface area (Å²) in [6.45, 7) is -0.578. The minimum absolute atomic E-state index is 0.114. The highest BCUT2D eigenvalue weighted by Crippen LogP contribution is 2.34. The van der Waals surface area contributed by atoms with Gasteiger partial charge < -0.3 is 20.1 Å². The van der Waals surface area contributed by atoms with Crippen LogP contribution in [0, 0.1) is 0 Å². The minimum Gasteiger partial charge on any atom is -0.394 e. The van der Waals surface area contributed by atoms with Crippen LogP contribution in [0.15, 0.2) is 6.33 Å². The molecule has 0 saturated carbocycles. The van der Waals surface area contributed by atoms with Gasteiger partial charge in [0.15, 0.2) is 17.0 Å². The highest BCUT2D eigenvalue weighted by Gasteiger charge is 2.44. The number of fused-ring (bicyclic) bond motifs is 1. The number of alkyl halides is 3. The number of rotatable bonds is 2. The van der Waals surface area contributed by atoms with Crippen molar-refractivity contribution in [1.29, 1.82) is 0 Å². The molecule has 1 aliphatic rings. The van der Waals surface area contributed by atoms with E-state index in [-0.39, 0.29) is 11.2 Å². The third-order valence-electron chi connectivity index (χ3n) is 3.42. The molecule has 3 rings (SSSR count). The van der Waals surface area contributed by atoms with Crippen LogP contribution in [-0.4, -0.2) is 59.8 Å². The summed E-state index contributed by atoms with van der Waals surface area (Å²) in [5.74, 6) is -1.47. The fourth-order valence-corrected chi connectivity index (χ4v) is 2.52. The van der Waals surface area contributed by atoms with Gasteiger partial charge in [-0.05, 0) is 0 Å². The Balaban J connectivity index is 2.10. The number of halogens is 4. The van der Waals surface area contributed by atoms with Gasteiger partial charge in [-0.25, -0.2) is 15.0 Å². The average Bonchev–Trinajstić information content (AvgIpc) is 3.01. The minimum atomic E-state index is -4.82. The summed E-state index contributed by atoms with van der Waals surface area (Å²) >= 11 is 5.69. The van der Waals surface area contributed by atoms with E-state index >= 15 is 0 Å². The van der Waals surface area contributed by atoms with Crippen LogP contribution in [0.4, 0.5) is 13.2 Å². The molecule has 4 unspecified atom stereocenters. The Morgan fingerprint density at radius 1 is 1.26 bits per heavy atom. The van der Waals surface area contributed by atoms with E-state index in [4.69, 9.17) is 21.4 Å². The number of hydrogen-bond donors (Lipinski definition) is 3. The topological polar surface area (TPSA) is 114 Å². The summed E-state index contributed by atoms with van der Waals surface area (Å²) < 4.78 is 44.6. The molecule has 0 bridgehead atoms. The Kier molecular flexibility index (Phi) is 3.92. The fraction of sp³-hybridized carbons (Fsp3) is 0.545. The third-order valence-corrected chi connectivity index (χ3v) is 3.69. The molecule has 0 aromatic carbocycles. The van der Waals surface area contributed by atoms with Gasteiger partial charge in [-0.3, -0.25) is 4.57 Å². The SMILES string of the molecule is OCC1OC(n2cnc3c(Cl)nc(C(F)(F)F)nc32)C(O)C1O. The predicted molar refractivity (Wildman–Crippen MR) is 68.3 cm³/mol. The Labute approximate surface area is 131 Å². The molecular formula is C11H10ClF3N4O4. The van der Waals surface area contributed by atoms with Gasteiger partial charge in [0.2, 0.25) is 5.82 Å². The van der Waals surface area contributed by atoms with Gasteiger partial charge >= 0.3 is 6.18 Å². The number of hydrogen-bond acceptors (Lipinski definition) is 7. The summed E-state index contributed by atoms with van der Waals surface area (Å²) in [6.07, 6.45) is -9.04. The molecule has 4 atom stereocenters. The highest BCUT2D eigenvalue weighted by atomic mass is 35.5. The largest absolute Gasteiger partial charge is 0.451 e. The van der Waals surface area contributed by atoms with Crippen LogP contribution in [0.1, 0.15) is 12.1 Å². The lowest BCUT2D eigenvalue weighted by Crippen LogP contribution is -2.33. The monoisotopic (exact) mass is 354 g/mol. The smallest absolute Gasteiger partial charge is 0.394 e. The lowest BCUT2D eigenvalue weighted by Gasteiger charge is -2.16. The Hall–Kier alpha value is -1.53. The van der Waals surface area contributed by atoms with Crippen LogP contribution in [-0.2, 0) is 10.9 Å². The molecule has 2 aromatic heterocycles. The second-order valence-electron chi connectivity index (χ2n) is 4.89. The molecule has 1 fully saturated rings. The van der Waals surface area contributed by atoms with Crippen molar-refractivity contribution in [2.45, 2.75) is 30.7 Å². The van der Waals surface area contributed by atoms with Crippen LogP contribution in [0.25, 0.3) is 11.2 Å². The molecule has 8 nitrogen and oxygen atoms in total. The molecule has 23 heavy (non-hydrogen) atoms. The second-order valence-corrected chi connectivity index (χ2v) is 5.25. The van der Waals surface area contributed by atoms with Crippen LogP contribution in [0.3, 0.4) is 0 Å². The third kappa shape index (κ3) is 2.64. The van der Waals surface area contributed by atoms with Crippen LogP contribution in [0.2, 0.25) is 5.15 Å². The van der Waals surface area contributed by atoms with Gasteiger partial charge in [0.25, 0.3) is 0 Å². The lowest BCUT2D eigenvalue weighted by molar-refractivity contribution is -0.144. The molecule has 0 amide bonds. The summed E-state index contributed by atoms with van der Waals surface area (Å²) in [4.78, 5) is 10.3. The van der Waals surface area contributed by atoms with Gasteiger partial charge in [0.05, 0.1) is 12.9 Å². The molecule has 1 saturated heterocycles. The predicted octanol–water partition coefficient (Wildman–Crippen LogP) is 0.110. The van der Waals surface area contributed by atoms with E-state index in [0.717, 1.165) is 10.9 Å². The molecule has 2 aromatic rings. The number of aliphatic hydroxyl groups excluding tert-OH is 3. The Bertz CT molecular complexity index is 740. The standard InChI is InChI=1S/C11H10ClF3N4O4/c12-7-4-8(18-10(17-7)11(13,14)15)19(2-16-4)9-6(22)5(21)3(1-20)23-9/h2-3,5-6,9,20-22H,1H2. The van der Waals surface area contributed by atoms with Crippen molar-refractivity contribution < 1.29 is 33.2 Å². The first-order chi connectivity index (χ1) is 10.7. The zero-order valence-corrected chi connectivity index (χ0v) is 11.9. The van der Waals surface area contributed by atoms with E-state index < -0.39 is 48.3 Å². The number of nitrogens with zero attached hydrogens (tertiary/aromatic N) is 4. The van der Waals surface area contributed by atoms with Gasteiger partial charge in [0.1, 0.15) is 23.8 Å². The first-order valence-corrected chi connectivity index (χ1v) is 6.71. The maximum atomic E-state index is 12.8. The number of aromatic nitrogens is 4. The first kappa shape index (κ1) is 16.3. The molecule has 3 heterocycles. The Morgan fingerprint density at radius 3 is 2.52 bits per heavy atom. The fourth-order valence-electron chi connectivity index (χ4n) is 2.30. The van der Waals surface area contributed by atoms with Crippen LogP contribution in [0.5, 0.6) is 0 Å². The average molecular weight is 355 g/mol. The van der Waals surface area contributed by atoms with Crippen molar-refractivity contribution in [3.8, 4) is 0 Å². The van der Waals surface area contributed by atoms with Crippen LogP contribution < -0.4 is 0 Å². The molecule has 3 N–H and O–H groups in total. The molecule has 1 aliphatic heterocycles. The van der Waals surface area contributed by atoms with E-state index in [1.54, 1.807) is 0 Å². The van der Waals surface area contributed by atoms with Gasteiger partial charge in [-0.1, -0.05) is 11.6 Å². The quantitative estimate of drug-likeness (QED) is 0.656. The number of aliphatic hydroxyl groups is 3. The second kappa shape index (κ2) is 5.53. The summed E-state index contributed by atoms with van der Waals surface area (Å²) in [6, 6.07) is 0. The van der Waals surface area contributed by atoms with Gasteiger partial charge in [0, 0.05) is 0 Å². The van der Waals surface area contributed by atoms with Gasteiger partial charge in [-0.2, -0.15) is 13.2 Å². The number of ether oxygens (including phenoxy) is 1. The van der Waals surface area contributed by atoms with E-state index in [1.807, 2.05) is 0 Å². The van der Waals surface area contributed by atoms with E-state index in [9.17, 15) is 23.4 Å². The van der Waals surface area contributed by atoms with E-state index in [1.165, 1.54) is 0 Å². The Morgan fingerprint density at radius 2 is 1.96 bits per heavy atom. The van der Waals surface area contributed by atoms with Crippen molar-refractivity contribution in [2.75, 3.05) is 6.61 Å². The maximum Gasteiger partial charge on any atom is 0.451 e.